The topological polar surface area (TPSA) is 128 Å². The summed E-state index contributed by atoms with van der Waals surface area (Å²) in [5.41, 5.74) is 0.631. The van der Waals surface area contributed by atoms with Crippen LogP contribution in [0, 0.1) is 11.3 Å². The number of rotatable bonds is 6. The Balaban J connectivity index is 1.90. The second-order valence-electron chi connectivity index (χ2n) is 6.16. The van der Waals surface area contributed by atoms with Crippen LogP contribution in [0.25, 0.3) is 5.69 Å². The second kappa shape index (κ2) is 8.46. The molecule has 29 heavy (non-hydrogen) atoms. The number of H-pyrrole nitrogens is 1. The molecule has 3 rings (SSSR count). The molecular formula is C20H15ClN4O4. The highest BCUT2D eigenvalue weighted by Gasteiger charge is 2.21. The first kappa shape index (κ1) is 19.9. The van der Waals surface area contributed by atoms with Crippen LogP contribution < -0.4 is 10.9 Å². The van der Waals surface area contributed by atoms with Crippen LogP contribution in [0.3, 0.4) is 0 Å². The molecule has 0 aliphatic rings. The van der Waals surface area contributed by atoms with Gasteiger partial charge in [0.15, 0.2) is 0 Å². The molecule has 9 heteroatoms. The quantitative estimate of drug-likeness (QED) is 0.575. The molecule has 2 aromatic carbocycles. The zero-order valence-corrected chi connectivity index (χ0v) is 15.7. The van der Waals surface area contributed by atoms with Gasteiger partial charge in [-0.3, -0.25) is 19.5 Å². The van der Waals surface area contributed by atoms with Crippen molar-refractivity contribution in [2.75, 3.05) is 0 Å². The number of aliphatic carboxylic acids is 1. The molecule has 3 N–H and O–H groups in total. The van der Waals surface area contributed by atoms with Crippen LogP contribution in [0.1, 0.15) is 34.1 Å². The Morgan fingerprint density at radius 2 is 1.97 bits per heavy atom. The van der Waals surface area contributed by atoms with E-state index in [9.17, 15) is 19.5 Å². The Labute approximate surface area is 170 Å². The fraction of sp³-hybridized carbons (Fsp3) is 0.100. The largest absolute Gasteiger partial charge is 0.481 e. The normalized spacial score (nSPS) is 11.4. The maximum atomic E-state index is 12.7. The standard InChI is InChI=1S/C20H15ClN4O4/c21-14-6-1-2-7-17(14)25-18(26)9-16(24-25)20(29)23-15(10-19(27)28)13-5-3-4-12(8-13)11-22/h1-9,15,24H,10H2,(H,23,29)(H,27,28)/t15-/m0/s1. The monoisotopic (exact) mass is 410 g/mol. The van der Waals surface area contributed by atoms with E-state index in [0.29, 0.717) is 21.8 Å². The van der Waals surface area contributed by atoms with Gasteiger partial charge in [0.05, 0.1) is 34.8 Å². The minimum absolute atomic E-state index is 0.0539. The highest BCUT2D eigenvalue weighted by atomic mass is 35.5. The zero-order valence-electron chi connectivity index (χ0n) is 14.9. The fourth-order valence-corrected chi connectivity index (χ4v) is 3.03. The maximum Gasteiger partial charge on any atom is 0.305 e. The molecule has 1 amide bonds. The summed E-state index contributed by atoms with van der Waals surface area (Å²) in [4.78, 5) is 36.2. The molecule has 0 bridgehead atoms. The van der Waals surface area contributed by atoms with Crippen molar-refractivity contribution in [3.63, 3.8) is 0 Å². The van der Waals surface area contributed by atoms with E-state index in [4.69, 9.17) is 16.9 Å². The summed E-state index contributed by atoms with van der Waals surface area (Å²) in [6.45, 7) is 0. The van der Waals surface area contributed by atoms with Crippen molar-refractivity contribution in [1.82, 2.24) is 15.1 Å². The van der Waals surface area contributed by atoms with E-state index in [1.165, 1.54) is 6.07 Å². The second-order valence-corrected chi connectivity index (χ2v) is 6.56. The molecule has 146 valence electrons. The molecule has 0 spiro atoms. The number of nitrogens with one attached hydrogen (secondary N) is 2. The number of benzene rings is 2. The summed E-state index contributed by atoms with van der Waals surface area (Å²) in [5, 5.41) is 23.8. The van der Waals surface area contributed by atoms with E-state index in [0.717, 1.165) is 10.7 Å². The molecule has 0 saturated carbocycles. The number of hydrogen-bond donors (Lipinski definition) is 3. The lowest BCUT2D eigenvalue weighted by atomic mass is 10.0. The molecule has 1 aromatic heterocycles. The fourth-order valence-electron chi connectivity index (χ4n) is 2.81. The first-order valence-corrected chi connectivity index (χ1v) is 8.86. The van der Waals surface area contributed by atoms with Gasteiger partial charge in [0.1, 0.15) is 5.69 Å². The van der Waals surface area contributed by atoms with Crippen molar-refractivity contribution in [3.8, 4) is 11.8 Å². The number of carboxylic acids is 1. The average Bonchev–Trinajstić information content (AvgIpc) is 3.09. The molecule has 8 nitrogen and oxygen atoms in total. The molecule has 3 aromatic rings. The molecule has 0 saturated heterocycles. The minimum atomic E-state index is -1.13. The maximum absolute atomic E-state index is 12.7. The van der Waals surface area contributed by atoms with Crippen molar-refractivity contribution in [2.45, 2.75) is 12.5 Å². The molecule has 1 heterocycles. The molecule has 0 unspecified atom stereocenters. The number of aromatic amines is 1. The van der Waals surface area contributed by atoms with Crippen LogP contribution in [0.4, 0.5) is 0 Å². The molecular weight excluding hydrogens is 396 g/mol. The van der Waals surface area contributed by atoms with Gasteiger partial charge in [-0.1, -0.05) is 35.9 Å². The summed E-state index contributed by atoms with van der Waals surface area (Å²) in [7, 11) is 0. The van der Waals surface area contributed by atoms with E-state index in [1.807, 2.05) is 6.07 Å². The van der Waals surface area contributed by atoms with E-state index in [-0.39, 0.29) is 5.69 Å². The lowest BCUT2D eigenvalue weighted by molar-refractivity contribution is -0.137. The van der Waals surface area contributed by atoms with E-state index >= 15 is 0 Å². The Morgan fingerprint density at radius 1 is 1.21 bits per heavy atom. The molecule has 0 fully saturated rings. The highest BCUT2D eigenvalue weighted by Crippen LogP contribution is 2.20. The number of carboxylic acid groups (broad SMARTS) is 1. The molecule has 0 radical (unpaired) electrons. The number of halogens is 1. The predicted octanol–water partition coefficient (Wildman–Crippen LogP) is 2.64. The summed E-state index contributed by atoms with van der Waals surface area (Å²) in [5.74, 6) is -1.79. The Hall–Kier alpha value is -3.83. The van der Waals surface area contributed by atoms with Gasteiger partial charge >= 0.3 is 5.97 Å². The van der Waals surface area contributed by atoms with Gasteiger partial charge in [0, 0.05) is 6.07 Å². The Kier molecular flexibility index (Phi) is 5.81. The third kappa shape index (κ3) is 4.54. The number of nitriles is 1. The third-order valence-electron chi connectivity index (χ3n) is 4.16. The summed E-state index contributed by atoms with van der Waals surface area (Å²) in [6.07, 6.45) is -0.393. The highest BCUT2D eigenvalue weighted by molar-refractivity contribution is 6.32. The average molecular weight is 411 g/mol. The summed E-state index contributed by atoms with van der Waals surface area (Å²) >= 11 is 6.10. The molecule has 0 aliphatic heterocycles. The van der Waals surface area contributed by atoms with Gasteiger partial charge < -0.3 is 10.4 Å². The van der Waals surface area contributed by atoms with Crippen LogP contribution in [0.15, 0.2) is 59.4 Å². The molecule has 0 aliphatic carbocycles. The number of amides is 1. The lowest BCUT2D eigenvalue weighted by Crippen LogP contribution is -2.30. The van der Waals surface area contributed by atoms with Crippen molar-refractivity contribution in [1.29, 1.82) is 5.26 Å². The van der Waals surface area contributed by atoms with Crippen LogP contribution in [0.5, 0.6) is 0 Å². The molecule has 1 atom stereocenters. The van der Waals surface area contributed by atoms with Gasteiger partial charge in [-0.2, -0.15) is 5.26 Å². The van der Waals surface area contributed by atoms with Crippen LogP contribution in [-0.2, 0) is 4.79 Å². The Morgan fingerprint density at radius 3 is 2.66 bits per heavy atom. The number of para-hydroxylation sites is 1. The van der Waals surface area contributed by atoms with E-state index in [1.54, 1.807) is 42.5 Å². The van der Waals surface area contributed by atoms with Gasteiger partial charge in [-0.05, 0) is 29.8 Å². The Bertz CT molecular complexity index is 1180. The zero-order chi connectivity index (χ0) is 21.0. The summed E-state index contributed by atoms with van der Waals surface area (Å²) < 4.78 is 1.12. The number of carbonyl (C=O) groups excluding carboxylic acids is 1. The first-order valence-electron chi connectivity index (χ1n) is 8.48. The van der Waals surface area contributed by atoms with Crippen LogP contribution >= 0.6 is 11.6 Å². The lowest BCUT2D eigenvalue weighted by Gasteiger charge is -2.17. The van der Waals surface area contributed by atoms with Crippen molar-refractivity contribution >= 4 is 23.5 Å². The number of carbonyl (C=O) groups is 2. The predicted molar refractivity (Wildman–Crippen MR) is 105 cm³/mol. The number of aromatic nitrogens is 2. The van der Waals surface area contributed by atoms with Crippen molar-refractivity contribution < 1.29 is 14.7 Å². The van der Waals surface area contributed by atoms with Crippen LogP contribution in [0.2, 0.25) is 5.02 Å². The van der Waals surface area contributed by atoms with Gasteiger partial charge in [0.2, 0.25) is 0 Å². The van der Waals surface area contributed by atoms with Gasteiger partial charge in [-0.15, -0.1) is 0 Å². The van der Waals surface area contributed by atoms with Crippen molar-refractivity contribution in [2.24, 2.45) is 0 Å². The number of nitrogens with zero attached hydrogens (tertiary/aromatic N) is 2. The minimum Gasteiger partial charge on any atom is -0.481 e. The summed E-state index contributed by atoms with van der Waals surface area (Å²) in [6, 6.07) is 15.1. The van der Waals surface area contributed by atoms with Crippen molar-refractivity contribution in [3.05, 3.63) is 86.8 Å². The smallest absolute Gasteiger partial charge is 0.305 e. The SMILES string of the molecule is N#Cc1cccc([C@H](CC(=O)O)NC(=O)c2cc(=O)n(-c3ccccc3Cl)[nH]2)c1. The van der Waals surface area contributed by atoms with Crippen LogP contribution in [-0.4, -0.2) is 26.8 Å². The van der Waals surface area contributed by atoms with Gasteiger partial charge in [0.25, 0.3) is 11.5 Å². The first-order chi connectivity index (χ1) is 13.9. The number of hydrogen-bond acceptors (Lipinski definition) is 4. The van der Waals surface area contributed by atoms with Gasteiger partial charge in [-0.25, -0.2) is 4.68 Å². The third-order valence-corrected chi connectivity index (χ3v) is 4.48. The van der Waals surface area contributed by atoms with E-state index in [2.05, 4.69) is 10.4 Å². The van der Waals surface area contributed by atoms with E-state index < -0.39 is 29.9 Å².